The van der Waals surface area contributed by atoms with Crippen LogP contribution in [0.4, 0.5) is 0 Å². The van der Waals surface area contributed by atoms with Gasteiger partial charge in [0.25, 0.3) is 0 Å². The van der Waals surface area contributed by atoms with Gasteiger partial charge in [-0.25, -0.2) is 0 Å². The first-order valence-electron chi connectivity index (χ1n) is 5.26. The molecule has 0 saturated heterocycles. The zero-order valence-electron chi connectivity index (χ0n) is 8.83. The van der Waals surface area contributed by atoms with E-state index in [-0.39, 0.29) is 0 Å². The molecule has 1 aliphatic rings. The summed E-state index contributed by atoms with van der Waals surface area (Å²) in [4.78, 5) is 0. The van der Waals surface area contributed by atoms with Crippen molar-refractivity contribution in [1.82, 2.24) is 0 Å². The molecular formula is C12H16BrNO. The molecule has 2 atom stereocenters. The summed E-state index contributed by atoms with van der Waals surface area (Å²) in [5, 5.41) is 9.69. The molecule has 0 aliphatic heterocycles. The molecule has 3 N–H and O–H groups in total. The Bertz CT molecular complexity index is 378. The van der Waals surface area contributed by atoms with E-state index in [4.69, 9.17) is 5.73 Å². The van der Waals surface area contributed by atoms with E-state index in [0.29, 0.717) is 0 Å². The number of aliphatic hydroxyl groups is 1. The first-order chi connectivity index (χ1) is 7.03. The Morgan fingerprint density at radius 2 is 2.27 bits per heavy atom. The van der Waals surface area contributed by atoms with Crippen LogP contribution in [0.5, 0.6) is 0 Å². The van der Waals surface area contributed by atoms with Gasteiger partial charge in [0.1, 0.15) is 0 Å². The fraction of sp³-hybridized carbons (Fsp3) is 0.500. The van der Waals surface area contributed by atoms with Gasteiger partial charge in [-0.05, 0) is 43.4 Å². The molecule has 82 valence electrons. The van der Waals surface area contributed by atoms with E-state index in [9.17, 15) is 5.11 Å². The molecular weight excluding hydrogens is 254 g/mol. The smallest absolute Gasteiger partial charge is 0.0694 e. The van der Waals surface area contributed by atoms with Crippen molar-refractivity contribution in [2.45, 2.75) is 37.8 Å². The summed E-state index contributed by atoms with van der Waals surface area (Å²) < 4.78 is 1.16. The monoisotopic (exact) mass is 269 g/mol. The zero-order valence-corrected chi connectivity index (χ0v) is 10.4. The van der Waals surface area contributed by atoms with Gasteiger partial charge in [0, 0.05) is 10.0 Å². The molecule has 0 heterocycles. The third-order valence-corrected chi connectivity index (χ3v) is 4.15. The molecule has 0 aromatic heterocycles. The highest BCUT2D eigenvalue weighted by Crippen LogP contribution is 2.33. The topological polar surface area (TPSA) is 46.2 Å². The van der Waals surface area contributed by atoms with Gasteiger partial charge in [0.15, 0.2) is 0 Å². The van der Waals surface area contributed by atoms with Crippen LogP contribution in [0.25, 0.3) is 0 Å². The zero-order chi connectivity index (χ0) is 11.1. The van der Waals surface area contributed by atoms with Crippen LogP contribution in [0.1, 0.15) is 24.5 Å². The van der Waals surface area contributed by atoms with Crippen LogP contribution in [0.2, 0.25) is 0 Å². The van der Waals surface area contributed by atoms with Crippen LogP contribution >= 0.6 is 15.9 Å². The summed E-state index contributed by atoms with van der Waals surface area (Å²) in [6, 6.07) is 6.19. The lowest BCUT2D eigenvalue weighted by atomic mass is 9.76. The lowest BCUT2D eigenvalue weighted by Gasteiger charge is -2.37. The number of fused-ring (bicyclic) bond motifs is 1. The van der Waals surface area contributed by atoms with Gasteiger partial charge in [-0.2, -0.15) is 0 Å². The molecule has 3 heteroatoms. The summed E-state index contributed by atoms with van der Waals surface area (Å²) >= 11 is 3.55. The first-order valence-corrected chi connectivity index (χ1v) is 6.05. The van der Waals surface area contributed by atoms with E-state index in [2.05, 4.69) is 28.1 Å². The van der Waals surface area contributed by atoms with E-state index >= 15 is 0 Å². The standard InChI is InChI=1S/C12H16BrNO/c1-8(15)12(14)6-5-10-9(7-12)3-2-4-11(10)13/h2-4,8,15H,5-7,14H2,1H3. The molecule has 0 spiro atoms. The summed E-state index contributed by atoms with van der Waals surface area (Å²) in [6.45, 7) is 1.78. The van der Waals surface area contributed by atoms with E-state index in [1.165, 1.54) is 11.1 Å². The molecule has 1 aromatic carbocycles. The second-order valence-corrected chi connectivity index (χ2v) is 5.32. The number of nitrogens with two attached hydrogens (primary N) is 1. The molecule has 2 unspecified atom stereocenters. The highest BCUT2D eigenvalue weighted by atomic mass is 79.9. The minimum absolute atomic E-state index is 0.451. The maximum Gasteiger partial charge on any atom is 0.0694 e. The van der Waals surface area contributed by atoms with Gasteiger partial charge < -0.3 is 10.8 Å². The minimum atomic E-state index is -0.454. The van der Waals surface area contributed by atoms with Crippen LogP contribution in [-0.4, -0.2) is 16.7 Å². The Labute approximate surface area is 98.6 Å². The van der Waals surface area contributed by atoms with Crippen molar-refractivity contribution < 1.29 is 5.11 Å². The third kappa shape index (κ3) is 1.96. The van der Waals surface area contributed by atoms with Gasteiger partial charge in [-0.3, -0.25) is 0 Å². The molecule has 15 heavy (non-hydrogen) atoms. The van der Waals surface area contributed by atoms with Gasteiger partial charge in [-0.1, -0.05) is 28.1 Å². The average molecular weight is 270 g/mol. The number of hydrogen-bond acceptors (Lipinski definition) is 2. The van der Waals surface area contributed by atoms with Crippen molar-refractivity contribution in [2.75, 3.05) is 0 Å². The number of hydrogen-bond donors (Lipinski definition) is 2. The Morgan fingerprint density at radius 3 is 2.93 bits per heavy atom. The fourth-order valence-corrected chi connectivity index (χ4v) is 2.81. The minimum Gasteiger partial charge on any atom is -0.391 e. The maximum atomic E-state index is 9.69. The van der Waals surface area contributed by atoms with Crippen molar-refractivity contribution in [1.29, 1.82) is 0 Å². The van der Waals surface area contributed by atoms with Crippen LogP contribution in [0, 0.1) is 0 Å². The second-order valence-electron chi connectivity index (χ2n) is 4.46. The summed E-state index contributed by atoms with van der Waals surface area (Å²) in [7, 11) is 0. The Morgan fingerprint density at radius 1 is 1.53 bits per heavy atom. The predicted octanol–water partition coefficient (Wildman–Crippen LogP) is 2.02. The Kier molecular flexibility index (Phi) is 2.88. The molecule has 0 fully saturated rings. The molecule has 0 saturated carbocycles. The molecule has 2 rings (SSSR count). The maximum absolute atomic E-state index is 9.69. The number of halogens is 1. The normalized spacial score (nSPS) is 27.2. The van der Waals surface area contributed by atoms with Crippen molar-refractivity contribution in [3.8, 4) is 0 Å². The lowest BCUT2D eigenvalue weighted by molar-refractivity contribution is 0.0904. The van der Waals surface area contributed by atoms with Gasteiger partial charge in [0.05, 0.1) is 6.10 Å². The number of rotatable bonds is 1. The Hall–Kier alpha value is -0.380. The summed E-state index contributed by atoms with van der Waals surface area (Å²) in [5.41, 5.74) is 8.36. The summed E-state index contributed by atoms with van der Waals surface area (Å²) in [6.07, 6.45) is 2.10. The number of benzene rings is 1. The molecule has 1 aromatic rings. The van der Waals surface area contributed by atoms with Crippen molar-refractivity contribution in [2.24, 2.45) is 5.73 Å². The molecule has 2 nitrogen and oxygen atoms in total. The van der Waals surface area contributed by atoms with Crippen LogP contribution in [-0.2, 0) is 12.8 Å². The summed E-state index contributed by atoms with van der Waals surface area (Å²) in [5.74, 6) is 0. The van der Waals surface area contributed by atoms with Gasteiger partial charge >= 0.3 is 0 Å². The van der Waals surface area contributed by atoms with E-state index in [1.54, 1.807) is 6.92 Å². The van der Waals surface area contributed by atoms with Crippen molar-refractivity contribution in [3.05, 3.63) is 33.8 Å². The molecule has 0 bridgehead atoms. The van der Waals surface area contributed by atoms with E-state index in [0.717, 1.165) is 23.7 Å². The van der Waals surface area contributed by atoms with Crippen molar-refractivity contribution in [3.63, 3.8) is 0 Å². The third-order valence-electron chi connectivity index (χ3n) is 3.41. The quantitative estimate of drug-likeness (QED) is 0.820. The van der Waals surface area contributed by atoms with E-state index in [1.807, 2.05) is 6.07 Å². The molecule has 0 radical (unpaired) electrons. The highest BCUT2D eigenvalue weighted by Gasteiger charge is 2.35. The predicted molar refractivity (Wildman–Crippen MR) is 64.8 cm³/mol. The number of aliphatic hydroxyl groups excluding tert-OH is 1. The lowest BCUT2D eigenvalue weighted by Crippen LogP contribution is -2.53. The van der Waals surface area contributed by atoms with Crippen molar-refractivity contribution >= 4 is 15.9 Å². The first kappa shape index (κ1) is 11.1. The van der Waals surface area contributed by atoms with Gasteiger partial charge in [0.2, 0.25) is 0 Å². The van der Waals surface area contributed by atoms with Gasteiger partial charge in [-0.15, -0.1) is 0 Å². The highest BCUT2D eigenvalue weighted by molar-refractivity contribution is 9.10. The average Bonchev–Trinajstić information content (AvgIpc) is 2.17. The Balaban J connectivity index is 2.35. The van der Waals surface area contributed by atoms with Crippen LogP contribution < -0.4 is 5.73 Å². The molecule has 0 amide bonds. The largest absolute Gasteiger partial charge is 0.391 e. The van der Waals surface area contributed by atoms with Crippen LogP contribution in [0.3, 0.4) is 0 Å². The molecule has 1 aliphatic carbocycles. The fourth-order valence-electron chi connectivity index (χ4n) is 2.21. The second kappa shape index (κ2) is 3.89. The SMILES string of the molecule is CC(O)C1(N)CCc2c(Br)cccc2C1. The van der Waals surface area contributed by atoms with E-state index < -0.39 is 11.6 Å². The van der Waals surface area contributed by atoms with Crippen LogP contribution in [0.15, 0.2) is 22.7 Å².